The minimum atomic E-state index is -0.566. The Hall–Kier alpha value is -3.47. The lowest BCUT2D eigenvalue weighted by atomic mass is 10.1. The molecule has 5 rings (SSSR count). The minimum absolute atomic E-state index is 0.0392. The van der Waals surface area contributed by atoms with E-state index in [1.807, 2.05) is 31.2 Å². The van der Waals surface area contributed by atoms with Gasteiger partial charge in [-0.3, -0.25) is 19.8 Å². The van der Waals surface area contributed by atoms with Crippen molar-refractivity contribution in [1.82, 2.24) is 10.3 Å². The quantitative estimate of drug-likeness (QED) is 0.216. The highest BCUT2D eigenvalue weighted by Crippen LogP contribution is 2.36. The maximum Gasteiger partial charge on any atom is 0.270 e. The van der Waals surface area contributed by atoms with Gasteiger partial charge in [0.15, 0.2) is 14.5 Å². The summed E-state index contributed by atoms with van der Waals surface area (Å²) in [4.78, 5) is 31.5. The highest BCUT2D eigenvalue weighted by molar-refractivity contribution is 8.01. The van der Waals surface area contributed by atoms with Crippen LogP contribution in [0.2, 0.25) is 0 Å². The predicted molar refractivity (Wildman–Crippen MR) is 136 cm³/mol. The van der Waals surface area contributed by atoms with Crippen molar-refractivity contribution in [3.8, 4) is 5.75 Å². The van der Waals surface area contributed by atoms with E-state index in [2.05, 4.69) is 10.3 Å². The lowest BCUT2D eigenvalue weighted by molar-refractivity contribution is -0.122. The van der Waals surface area contributed by atoms with Gasteiger partial charge < -0.3 is 9.15 Å². The number of rotatable bonds is 6. The highest BCUT2D eigenvalue weighted by atomic mass is 32.2. The summed E-state index contributed by atoms with van der Waals surface area (Å²) in [6.45, 7) is 2.55. The number of thiocarbonyl (C=S) groups is 1. The Morgan fingerprint density at radius 1 is 1.18 bits per heavy atom. The number of nitrogens with one attached hydrogen (secondary N) is 1. The summed E-state index contributed by atoms with van der Waals surface area (Å²) in [7, 11) is 0. The van der Waals surface area contributed by atoms with E-state index < -0.39 is 11.8 Å². The van der Waals surface area contributed by atoms with Gasteiger partial charge in [-0.15, -0.1) is 11.3 Å². The summed E-state index contributed by atoms with van der Waals surface area (Å²) >= 11 is 8.12. The van der Waals surface area contributed by atoms with Gasteiger partial charge in [-0.25, -0.2) is 4.98 Å². The molecule has 4 aromatic rings. The minimum Gasteiger partial charge on any atom is -0.494 e. The van der Waals surface area contributed by atoms with Gasteiger partial charge in [0.2, 0.25) is 0 Å². The molecule has 0 saturated carbocycles. The maximum absolute atomic E-state index is 13.1. The third-order valence-electron chi connectivity index (χ3n) is 4.84. The number of aromatic nitrogens is 1. The zero-order valence-corrected chi connectivity index (χ0v) is 20.3. The van der Waals surface area contributed by atoms with Crippen LogP contribution in [0.5, 0.6) is 5.75 Å². The van der Waals surface area contributed by atoms with Crippen LogP contribution in [0, 0.1) is 0 Å². The smallest absolute Gasteiger partial charge is 0.270 e. The van der Waals surface area contributed by atoms with Crippen LogP contribution in [0.25, 0.3) is 16.3 Å². The molecule has 0 radical (unpaired) electrons. The van der Waals surface area contributed by atoms with E-state index in [0.29, 0.717) is 23.1 Å². The third-order valence-corrected chi connectivity index (χ3v) is 7.13. The number of nitrogens with zero attached hydrogens (tertiary/aromatic N) is 2. The summed E-state index contributed by atoms with van der Waals surface area (Å²) < 4.78 is 13.2. The van der Waals surface area contributed by atoms with Crippen molar-refractivity contribution in [2.75, 3.05) is 11.5 Å². The standard InChI is InChI=1S/C24H17N3O4S3/c1-2-30-15-8-10-18-19(13-15)33-24(25-18)34-20-11-9-16(31-20)12-17-21(28)26-23(32)27(22(17)29)14-6-4-3-5-7-14/h3-13H,2H2,1H3,(H,26,28,32)/b17-12+. The molecule has 2 aromatic carbocycles. The number of amides is 2. The van der Waals surface area contributed by atoms with Gasteiger partial charge in [-0.05, 0) is 79.4 Å². The van der Waals surface area contributed by atoms with Crippen molar-refractivity contribution in [1.29, 1.82) is 0 Å². The van der Waals surface area contributed by atoms with E-state index in [1.165, 1.54) is 34.1 Å². The maximum atomic E-state index is 13.1. The number of benzene rings is 2. The van der Waals surface area contributed by atoms with Crippen molar-refractivity contribution in [3.63, 3.8) is 0 Å². The van der Waals surface area contributed by atoms with E-state index in [-0.39, 0.29) is 10.7 Å². The van der Waals surface area contributed by atoms with Crippen LogP contribution in [0.1, 0.15) is 12.7 Å². The molecule has 0 spiro atoms. The molecule has 1 fully saturated rings. The van der Waals surface area contributed by atoms with Crippen molar-refractivity contribution >= 4 is 74.2 Å². The number of hydrogen-bond acceptors (Lipinski definition) is 8. The van der Waals surface area contributed by atoms with E-state index in [1.54, 1.807) is 36.4 Å². The van der Waals surface area contributed by atoms with Crippen LogP contribution in [0.3, 0.4) is 0 Å². The first-order chi connectivity index (χ1) is 16.5. The van der Waals surface area contributed by atoms with Crippen LogP contribution in [0.15, 0.2) is 80.1 Å². The predicted octanol–water partition coefficient (Wildman–Crippen LogP) is 5.27. The van der Waals surface area contributed by atoms with E-state index in [9.17, 15) is 9.59 Å². The Morgan fingerprint density at radius 2 is 2.00 bits per heavy atom. The topological polar surface area (TPSA) is 84.7 Å². The fourth-order valence-corrected chi connectivity index (χ4v) is 5.63. The fourth-order valence-electron chi connectivity index (χ4n) is 3.35. The molecule has 10 heteroatoms. The van der Waals surface area contributed by atoms with Crippen LogP contribution in [0.4, 0.5) is 5.69 Å². The second-order valence-electron chi connectivity index (χ2n) is 7.09. The molecule has 1 N–H and O–H groups in total. The molecule has 0 atom stereocenters. The van der Waals surface area contributed by atoms with Gasteiger partial charge in [-0.2, -0.15) is 0 Å². The summed E-state index contributed by atoms with van der Waals surface area (Å²) in [5, 5.41) is 3.20. The number of furan rings is 1. The largest absolute Gasteiger partial charge is 0.494 e. The first kappa shape index (κ1) is 22.3. The first-order valence-electron chi connectivity index (χ1n) is 10.3. The van der Waals surface area contributed by atoms with Crippen LogP contribution in [-0.4, -0.2) is 28.5 Å². The summed E-state index contributed by atoms with van der Waals surface area (Å²) in [6, 6.07) is 18.2. The lowest BCUT2D eigenvalue weighted by Gasteiger charge is -2.28. The normalized spacial score (nSPS) is 15.3. The number of thiazole rings is 1. The molecule has 1 aliphatic rings. The lowest BCUT2D eigenvalue weighted by Crippen LogP contribution is -2.54. The van der Waals surface area contributed by atoms with Gasteiger partial charge in [0.1, 0.15) is 17.1 Å². The molecule has 0 aliphatic carbocycles. The Balaban J connectivity index is 1.37. The molecule has 34 heavy (non-hydrogen) atoms. The fraction of sp³-hybridized carbons (Fsp3) is 0.0833. The van der Waals surface area contributed by atoms with Crippen molar-refractivity contribution in [2.45, 2.75) is 16.4 Å². The zero-order chi connectivity index (χ0) is 23.7. The van der Waals surface area contributed by atoms with Crippen molar-refractivity contribution < 1.29 is 18.7 Å². The van der Waals surface area contributed by atoms with E-state index in [0.717, 1.165) is 20.3 Å². The van der Waals surface area contributed by atoms with Gasteiger partial charge >= 0.3 is 0 Å². The Labute approximate surface area is 208 Å². The number of para-hydroxylation sites is 1. The summed E-state index contributed by atoms with van der Waals surface area (Å²) in [5.74, 6) is 0.106. The number of anilines is 1. The SMILES string of the molecule is CCOc1ccc2nc(Sc3ccc(/C=C4\C(=O)NC(=S)N(c5ccccc5)C4=O)o3)sc2c1. The Morgan fingerprint density at radius 3 is 2.79 bits per heavy atom. The van der Waals surface area contributed by atoms with Crippen LogP contribution >= 0.6 is 35.3 Å². The molecule has 3 heterocycles. The van der Waals surface area contributed by atoms with Gasteiger partial charge in [0.25, 0.3) is 11.8 Å². The second kappa shape index (κ2) is 9.41. The molecule has 1 aliphatic heterocycles. The van der Waals surface area contributed by atoms with Gasteiger partial charge in [0.05, 0.1) is 22.5 Å². The molecular formula is C24H17N3O4S3. The third kappa shape index (κ3) is 4.47. The van der Waals surface area contributed by atoms with Crippen LogP contribution < -0.4 is 15.0 Å². The van der Waals surface area contributed by atoms with Gasteiger partial charge in [0, 0.05) is 0 Å². The molecule has 2 amide bonds. The van der Waals surface area contributed by atoms with Crippen molar-refractivity contribution in [2.24, 2.45) is 0 Å². The first-order valence-corrected chi connectivity index (χ1v) is 12.3. The van der Waals surface area contributed by atoms with Crippen molar-refractivity contribution in [3.05, 3.63) is 72.0 Å². The molecule has 0 bridgehead atoms. The average molecular weight is 508 g/mol. The highest BCUT2D eigenvalue weighted by Gasteiger charge is 2.34. The molecular weight excluding hydrogens is 490 g/mol. The average Bonchev–Trinajstić information content (AvgIpc) is 3.43. The van der Waals surface area contributed by atoms with Crippen LogP contribution in [-0.2, 0) is 9.59 Å². The molecule has 7 nitrogen and oxygen atoms in total. The summed E-state index contributed by atoms with van der Waals surface area (Å²) in [6.07, 6.45) is 1.42. The Kier molecular flexibility index (Phi) is 6.18. The molecule has 0 unspecified atom stereocenters. The Bertz CT molecular complexity index is 1440. The number of carbonyl (C=O) groups is 2. The molecule has 1 saturated heterocycles. The monoisotopic (exact) mass is 507 g/mol. The number of hydrogen-bond donors (Lipinski definition) is 1. The molecule has 2 aromatic heterocycles. The number of fused-ring (bicyclic) bond motifs is 1. The molecule has 170 valence electrons. The second-order valence-corrected chi connectivity index (χ2v) is 9.76. The number of ether oxygens (including phenoxy) is 1. The zero-order valence-electron chi connectivity index (χ0n) is 17.8. The van der Waals surface area contributed by atoms with E-state index >= 15 is 0 Å². The summed E-state index contributed by atoms with van der Waals surface area (Å²) in [5.41, 5.74) is 1.39. The number of carbonyl (C=O) groups excluding carboxylic acids is 2. The van der Waals surface area contributed by atoms with E-state index in [4.69, 9.17) is 21.4 Å². The van der Waals surface area contributed by atoms with Gasteiger partial charge in [-0.1, -0.05) is 18.2 Å².